The van der Waals surface area contributed by atoms with Crippen LogP contribution in [0.1, 0.15) is 60.8 Å². The zero-order chi connectivity index (χ0) is 14.5. The van der Waals surface area contributed by atoms with Crippen LogP contribution in [0.5, 0.6) is 0 Å². The number of rotatable bonds is 7. The third-order valence-corrected chi connectivity index (χ3v) is 4.96. The highest BCUT2D eigenvalue weighted by Crippen LogP contribution is 2.31. The van der Waals surface area contributed by atoms with Crippen LogP contribution < -0.4 is 5.32 Å². The summed E-state index contributed by atoms with van der Waals surface area (Å²) in [6, 6.07) is 0.744. The molecule has 0 saturated carbocycles. The summed E-state index contributed by atoms with van der Waals surface area (Å²) in [7, 11) is 0. The standard InChI is InChI=1S/C17H36N2/c1-7-9-17(6,12-18-8-2)13-19-11-14(3)10-15(4)16(19)5/h14-16,18H,7-13H2,1-6H3. The van der Waals surface area contributed by atoms with E-state index in [1.54, 1.807) is 0 Å². The fourth-order valence-electron chi connectivity index (χ4n) is 3.79. The number of likely N-dealkylation sites (tertiary alicyclic amines) is 1. The van der Waals surface area contributed by atoms with Crippen LogP contribution in [0.15, 0.2) is 0 Å². The first-order chi connectivity index (χ1) is 8.91. The van der Waals surface area contributed by atoms with Crippen molar-refractivity contribution < 1.29 is 0 Å². The summed E-state index contributed by atoms with van der Waals surface area (Å²) in [6.45, 7) is 19.0. The van der Waals surface area contributed by atoms with Gasteiger partial charge in [-0.25, -0.2) is 0 Å². The quantitative estimate of drug-likeness (QED) is 0.756. The molecule has 0 amide bonds. The Bertz CT molecular complexity index is 254. The Hall–Kier alpha value is -0.0800. The van der Waals surface area contributed by atoms with Crippen molar-refractivity contribution in [3.8, 4) is 0 Å². The van der Waals surface area contributed by atoms with Gasteiger partial charge < -0.3 is 5.32 Å². The van der Waals surface area contributed by atoms with Crippen LogP contribution in [0.2, 0.25) is 0 Å². The minimum absolute atomic E-state index is 0.426. The molecule has 0 aromatic rings. The first-order valence-electron chi connectivity index (χ1n) is 8.36. The van der Waals surface area contributed by atoms with Crippen molar-refractivity contribution in [1.82, 2.24) is 10.2 Å². The van der Waals surface area contributed by atoms with Crippen molar-refractivity contribution in [2.75, 3.05) is 26.2 Å². The summed E-state index contributed by atoms with van der Waals surface area (Å²) in [5, 5.41) is 3.57. The molecule has 1 saturated heterocycles. The van der Waals surface area contributed by atoms with Gasteiger partial charge in [-0.2, -0.15) is 0 Å². The molecule has 0 aliphatic carbocycles. The maximum Gasteiger partial charge on any atom is 0.00930 e. The zero-order valence-corrected chi connectivity index (χ0v) is 14.1. The molecule has 0 aromatic carbocycles. The van der Waals surface area contributed by atoms with Gasteiger partial charge in [0.05, 0.1) is 0 Å². The molecule has 4 unspecified atom stereocenters. The van der Waals surface area contributed by atoms with E-state index < -0.39 is 0 Å². The van der Waals surface area contributed by atoms with Crippen LogP contribution in [0, 0.1) is 17.3 Å². The molecule has 0 aromatic heterocycles. The van der Waals surface area contributed by atoms with Crippen LogP contribution in [0.3, 0.4) is 0 Å². The maximum absolute atomic E-state index is 3.57. The fraction of sp³-hybridized carbons (Fsp3) is 1.00. The summed E-state index contributed by atoms with van der Waals surface area (Å²) in [5.74, 6) is 1.70. The highest BCUT2D eigenvalue weighted by atomic mass is 15.2. The molecule has 1 fully saturated rings. The Labute approximate surface area is 121 Å². The third kappa shape index (κ3) is 5.07. The van der Waals surface area contributed by atoms with Gasteiger partial charge in [0, 0.05) is 25.7 Å². The van der Waals surface area contributed by atoms with Gasteiger partial charge in [-0.15, -0.1) is 0 Å². The van der Waals surface area contributed by atoms with E-state index in [-0.39, 0.29) is 0 Å². The molecule has 1 rings (SSSR count). The summed E-state index contributed by atoms with van der Waals surface area (Å²) in [4.78, 5) is 2.76. The average Bonchev–Trinajstić information content (AvgIpc) is 2.33. The molecular formula is C17H36N2. The molecule has 1 N–H and O–H groups in total. The van der Waals surface area contributed by atoms with E-state index in [2.05, 4.69) is 51.8 Å². The normalized spacial score (nSPS) is 32.2. The van der Waals surface area contributed by atoms with Gasteiger partial charge in [-0.3, -0.25) is 4.90 Å². The highest BCUT2D eigenvalue weighted by molar-refractivity contribution is 4.88. The number of nitrogens with one attached hydrogen (secondary N) is 1. The average molecular weight is 268 g/mol. The van der Waals surface area contributed by atoms with E-state index in [1.165, 1.54) is 32.4 Å². The van der Waals surface area contributed by atoms with Crippen LogP contribution in [-0.2, 0) is 0 Å². The number of piperidine rings is 1. The van der Waals surface area contributed by atoms with Gasteiger partial charge in [0.25, 0.3) is 0 Å². The molecule has 114 valence electrons. The lowest BCUT2D eigenvalue weighted by molar-refractivity contribution is 0.0380. The molecule has 2 nitrogen and oxygen atoms in total. The topological polar surface area (TPSA) is 15.3 Å². The van der Waals surface area contributed by atoms with Crippen LogP contribution in [0.4, 0.5) is 0 Å². The summed E-state index contributed by atoms with van der Waals surface area (Å²) >= 11 is 0. The van der Waals surface area contributed by atoms with Crippen molar-refractivity contribution in [2.24, 2.45) is 17.3 Å². The van der Waals surface area contributed by atoms with Crippen molar-refractivity contribution in [3.05, 3.63) is 0 Å². The van der Waals surface area contributed by atoms with Crippen LogP contribution >= 0.6 is 0 Å². The number of hydrogen-bond donors (Lipinski definition) is 1. The largest absolute Gasteiger partial charge is 0.316 e. The van der Waals surface area contributed by atoms with Gasteiger partial charge in [0.15, 0.2) is 0 Å². The lowest BCUT2D eigenvalue weighted by Gasteiger charge is -2.45. The smallest absolute Gasteiger partial charge is 0.00930 e. The predicted molar refractivity (Wildman–Crippen MR) is 85.5 cm³/mol. The zero-order valence-electron chi connectivity index (χ0n) is 14.1. The fourth-order valence-corrected chi connectivity index (χ4v) is 3.79. The van der Waals surface area contributed by atoms with E-state index in [4.69, 9.17) is 0 Å². The highest BCUT2D eigenvalue weighted by Gasteiger charge is 2.33. The van der Waals surface area contributed by atoms with E-state index in [0.717, 1.165) is 31.0 Å². The second kappa shape index (κ2) is 7.64. The monoisotopic (exact) mass is 268 g/mol. The first-order valence-corrected chi connectivity index (χ1v) is 8.36. The van der Waals surface area contributed by atoms with E-state index in [0.29, 0.717) is 5.41 Å². The lowest BCUT2D eigenvalue weighted by Crippen LogP contribution is -2.51. The predicted octanol–water partition coefficient (Wildman–Crippen LogP) is 3.77. The van der Waals surface area contributed by atoms with E-state index in [9.17, 15) is 0 Å². The molecule has 1 heterocycles. The Morgan fingerprint density at radius 1 is 1.21 bits per heavy atom. The summed E-state index contributed by atoms with van der Waals surface area (Å²) in [5.41, 5.74) is 0.426. The molecule has 0 radical (unpaired) electrons. The molecule has 0 spiro atoms. The number of nitrogens with zero attached hydrogens (tertiary/aromatic N) is 1. The Morgan fingerprint density at radius 2 is 1.89 bits per heavy atom. The van der Waals surface area contributed by atoms with Gasteiger partial charge in [-0.05, 0) is 43.6 Å². The Kier molecular flexibility index (Phi) is 6.82. The molecule has 19 heavy (non-hydrogen) atoms. The third-order valence-electron chi connectivity index (χ3n) is 4.96. The van der Waals surface area contributed by atoms with E-state index in [1.807, 2.05) is 0 Å². The molecule has 2 heteroatoms. The summed E-state index contributed by atoms with van der Waals surface area (Å²) < 4.78 is 0. The van der Waals surface area contributed by atoms with Crippen LogP contribution in [-0.4, -0.2) is 37.1 Å². The van der Waals surface area contributed by atoms with E-state index >= 15 is 0 Å². The minimum Gasteiger partial charge on any atom is -0.316 e. The SMILES string of the molecule is CCCC(C)(CNCC)CN1CC(C)CC(C)C1C. The maximum atomic E-state index is 3.57. The van der Waals surface area contributed by atoms with Gasteiger partial charge in [0.1, 0.15) is 0 Å². The van der Waals surface area contributed by atoms with Gasteiger partial charge in [0.2, 0.25) is 0 Å². The Morgan fingerprint density at radius 3 is 2.47 bits per heavy atom. The van der Waals surface area contributed by atoms with Crippen molar-refractivity contribution >= 4 is 0 Å². The molecule has 1 aliphatic heterocycles. The molecular weight excluding hydrogens is 232 g/mol. The first kappa shape index (κ1) is 17.0. The molecule has 4 atom stereocenters. The minimum atomic E-state index is 0.426. The molecule has 0 bridgehead atoms. The van der Waals surface area contributed by atoms with Crippen LogP contribution in [0.25, 0.3) is 0 Å². The second-order valence-electron chi connectivity index (χ2n) is 7.33. The van der Waals surface area contributed by atoms with Crippen molar-refractivity contribution in [3.63, 3.8) is 0 Å². The second-order valence-corrected chi connectivity index (χ2v) is 7.33. The van der Waals surface area contributed by atoms with Crippen molar-refractivity contribution in [2.45, 2.75) is 66.8 Å². The Balaban J connectivity index is 2.65. The van der Waals surface area contributed by atoms with Gasteiger partial charge in [-0.1, -0.05) is 41.0 Å². The van der Waals surface area contributed by atoms with Gasteiger partial charge >= 0.3 is 0 Å². The lowest BCUT2D eigenvalue weighted by atomic mass is 9.80. The molecule has 1 aliphatic rings. The number of hydrogen-bond acceptors (Lipinski definition) is 2. The van der Waals surface area contributed by atoms with Crippen molar-refractivity contribution in [1.29, 1.82) is 0 Å². The summed E-state index contributed by atoms with van der Waals surface area (Å²) in [6.07, 6.45) is 4.01.